The Labute approximate surface area is 111 Å². The molecule has 5 nitrogen and oxygen atoms in total. The quantitative estimate of drug-likeness (QED) is 0.774. The molecule has 1 atom stereocenters. The van der Waals surface area contributed by atoms with E-state index in [2.05, 4.69) is 10.2 Å². The van der Waals surface area contributed by atoms with Crippen LogP contribution < -0.4 is 0 Å². The van der Waals surface area contributed by atoms with E-state index in [1.165, 1.54) is 0 Å². The summed E-state index contributed by atoms with van der Waals surface area (Å²) in [6, 6.07) is 5.82. The molecule has 0 aliphatic carbocycles. The van der Waals surface area contributed by atoms with E-state index >= 15 is 0 Å². The number of aryl methyl sites for hydroxylation is 1. The van der Waals surface area contributed by atoms with Crippen molar-refractivity contribution in [1.29, 1.82) is 0 Å². The zero-order valence-corrected chi connectivity index (χ0v) is 10.8. The summed E-state index contributed by atoms with van der Waals surface area (Å²) in [7, 11) is 0. The average molecular weight is 256 g/mol. The highest BCUT2D eigenvalue weighted by Crippen LogP contribution is 2.22. The Morgan fingerprint density at radius 3 is 2.95 bits per heavy atom. The Balaban J connectivity index is 1.85. The van der Waals surface area contributed by atoms with E-state index in [1.807, 2.05) is 42.2 Å². The number of rotatable bonds is 4. The maximum absolute atomic E-state index is 10.4. The molecule has 0 fully saturated rings. The first-order valence-corrected chi connectivity index (χ1v) is 6.39. The number of hydrogen-bond donors (Lipinski definition) is 1. The molecule has 0 aliphatic rings. The van der Waals surface area contributed by atoms with Gasteiger partial charge < -0.3 is 5.11 Å². The molecule has 3 rings (SSSR count). The molecule has 1 unspecified atom stereocenters. The van der Waals surface area contributed by atoms with Crippen molar-refractivity contribution in [2.45, 2.75) is 26.0 Å². The summed E-state index contributed by atoms with van der Waals surface area (Å²) >= 11 is 0. The summed E-state index contributed by atoms with van der Waals surface area (Å²) in [4.78, 5) is 0. The second-order valence-electron chi connectivity index (χ2n) is 4.55. The van der Waals surface area contributed by atoms with E-state index in [0.29, 0.717) is 6.42 Å². The Morgan fingerprint density at radius 2 is 2.16 bits per heavy atom. The van der Waals surface area contributed by atoms with Gasteiger partial charge in [-0.25, -0.2) is 4.52 Å². The molecule has 0 spiro atoms. The molecule has 0 aliphatic heterocycles. The number of nitrogens with zero attached hydrogens (tertiary/aromatic N) is 4. The minimum absolute atomic E-state index is 0.552. The normalized spacial score (nSPS) is 12.9. The lowest BCUT2D eigenvalue weighted by atomic mass is 10.1. The molecule has 3 heterocycles. The Bertz CT molecular complexity index is 685. The lowest BCUT2D eigenvalue weighted by Gasteiger charge is -2.07. The minimum Gasteiger partial charge on any atom is -0.388 e. The first-order chi connectivity index (χ1) is 9.28. The monoisotopic (exact) mass is 256 g/mol. The summed E-state index contributed by atoms with van der Waals surface area (Å²) in [6.07, 6.45) is 7.36. The van der Waals surface area contributed by atoms with Gasteiger partial charge in [-0.2, -0.15) is 10.2 Å². The van der Waals surface area contributed by atoms with Gasteiger partial charge in [0.15, 0.2) is 0 Å². The molecule has 0 saturated heterocycles. The highest BCUT2D eigenvalue weighted by Gasteiger charge is 2.14. The van der Waals surface area contributed by atoms with E-state index < -0.39 is 6.10 Å². The van der Waals surface area contributed by atoms with E-state index in [1.54, 1.807) is 16.9 Å². The predicted molar refractivity (Wildman–Crippen MR) is 71.8 cm³/mol. The van der Waals surface area contributed by atoms with Crippen LogP contribution in [0.2, 0.25) is 0 Å². The van der Waals surface area contributed by atoms with Gasteiger partial charge in [-0.05, 0) is 24.6 Å². The second-order valence-corrected chi connectivity index (χ2v) is 4.55. The predicted octanol–water partition coefficient (Wildman–Crippen LogP) is 1.83. The maximum atomic E-state index is 10.4. The first kappa shape index (κ1) is 11.9. The summed E-state index contributed by atoms with van der Waals surface area (Å²) in [5.74, 6) is 0. The smallest absolute Gasteiger partial charge is 0.0868 e. The van der Waals surface area contributed by atoms with Crippen LogP contribution in [0.25, 0.3) is 5.52 Å². The van der Waals surface area contributed by atoms with E-state index in [4.69, 9.17) is 0 Å². The zero-order chi connectivity index (χ0) is 13.2. The van der Waals surface area contributed by atoms with Crippen molar-refractivity contribution in [1.82, 2.24) is 19.4 Å². The minimum atomic E-state index is -0.561. The number of hydrogen-bond acceptors (Lipinski definition) is 3. The van der Waals surface area contributed by atoms with Crippen molar-refractivity contribution >= 4 is 5.52 Å². The van der Waals surface area contributed by atoms with Gasteiger partial charge in [0, 0.05) is 30.9 Å². The van der Waals surface area contributed by atoms with Crippen molar-refractivity contribution < 1.29 is 5.11 Å². The topological polar surface area (TPSA) is 55.3 Å². The summed E-state index contributed by atoms with van der Waals surface area (Å²) in [5, 5.41) is 18.8. The van der Waals surface area contributed by atoms with Gasteiger partial charge in [-0.3, -0.25) is 4.68 Å². The van der Waals surface area contributed by atoms with Crippen LogP contribution in [-0.4, -0.2) is 24.5 Å². The van der Waals surface area contributed by atoms with Crippen molar-refractivity contribution in [2.75, 3.05) is 0 Å². The third-order valence-electron chi connectivity index (χ3n) is 3.26. The number of aliphatic hydroxyl groups excluding tert-OH is 1. The Kier molecular flexibility index (Phi) is 3.05. The van der Waals surface area contributed by atoms with Crippen LogP contribution in [0, 0.1) is 0 Å². The SMILES string of the molecule is CCn1cc(CC(O)c2cnn3ccccc23)cn1. The molecule has 0 saturated carbocycles. The van der Waals surface area contributed by atoms with Crippen molar-refractivity contribution in [2.24, 2.45) is 0 Å². The molecular formula is C14H16N4O. The number of pyridine rings is 1. The highest BCUT2D eigenvalue weighted by atomic mass is 16.3. The van der Waals surface area contributed by atoms with Crippen LogP contribution in [0.5, 0.6) is 0 Å². The standard InChI is InChI=1S/C14H16N4O/c1-2-17-10-11(8-15-17)7-14(19)12-9-16-18-6-4-3-5-13(12)18/h3-6,8-10,14,19H,2,7H2,1H3. The third kappa shape index (κ3) is 2.24. The maximum Gasteiger partial charge on any atom is 0.0868 e. The van der Waals surface area contributed by atoms with Crippen molar-refractivity contribution in [3.63, 3.8) is 0 Å². The summed E-state index contributed by atoms with van der Waals surface area (Å²) in [6.45, 7) is 2.88. The average Bonchev–Trinajstić information content (AvgIpc) is 3.04. The second kappa shape index (κ2) is 4.85. The van der Waals surface area contributed by atoms with Crippen molar-refractivity contribution in [3.05, 3.63) is 54.1 Å². The molecule has 98 valence electrons. The largest absolute Gasteiger partial charge is 0.388 e. The zero-order valence-electron chi connectivity index (χ0n) is 10.8. The lowest BCUT2D eigenvalue weighted by molar-refractivity contribution is 0.180. The molecule has 0 radical (unpaired) electrons. The molecule has 0 bridgehead atoms. The first-order valence-electron chi connectivity index (χ1n) is 6.39. The van der Waals surface area contributed by atoms with Crippen LogP contribution in [0.1, 0.15) is 24.2 Å². The molecular weight excluding hydrogens is 240 g/mol. The van der Waals surface area contributed by atoms with Gasteiger partial charge in [0.25, 0.3) is 0 Å². The molecule has 3 aromatic rings. The third-order valence-corrected chi connectivity index (χ3v) is 3.26. The van der Waals surface area contributed by atoms with E-state index in [-0.39, 0.29) is 0 Å². The molecule has 0 aromatic carbocycles. The fourth-order valence-corrected chi connectivity index (χ4v) is 2.23. The van der Waals surface area contributed by atoms with Gasteiger partial charge in [0.2, 0.25) is 0 Å². The number of fused-ring (bicyclic) bond motifs is 1. The Morgan fingerprint density at radius 1 is 1.26 bits per heavy atom. The van der Waals surface area contributed by atoms with Gasteiger partial charge >= 0.3 is 0 Å². The van der Waals surface area contributed by atoms with E-state index in [9.17, 15) is 5.11 Å². The number of aromatic nitrogens is 4. The molecule has 0 amide bonds. The van der Waals surface area contributed by atoms with Crippen LogP contribution in [0.4, 0.5) is 0 Å². The van der Waals surface area contributed by atoms with E-state index in [0.717, 1.165) is 23.2 Å². The number of aliphatic hydroxyl groups is 1. The lowest BCUT2D eigenvalue weighted by Crippen LogP contribution is -2.01. The fourth-order valence-electron chi connectivity index (χ4n) is 2.23. The fraction of sp³-hybridized carbons (Fsp3) is 0.286. The van der Waals surface area contributed by atoms with Gasteiger partial charge in [0.1, 0.15) is 0 Å². The van der Waals surface area contributed by atoms with Crippen LogP contribution in [-0.2, 0) is 13.0 Å². The van der Waals surface area contributed by atoms with Gasteiger partial charge in [-0.1, -0.05) is 6.07 Å². The Hall–Kier alpha value is -2.14. The van der Waals surface area contributed by atoms with Gasteiger partial charge in [-0.15, -0.1) is 0 Å². The van der Waals surface area contributed by atoms with Gasteiger partial charge in [0.05, 0.1) is 24.0 Å². The summed E-state index contributed by atoms with van der Waals surface area (Å²) in [5.41, 5.74) is 2.83. The van der Waals surface area contributed by atoms with Crippen LogP contribution >= 0.6 is 0 Å². The molecule has 1 N–H and O–H groups in total. The summed E-state index contributed by atoms with van der Waals surface area (Å²) < 4.78 is 3.63. The highest BCUT2D eigenvalue weighted by molar-refractivity contribution is 5.54. The van der Waals surface area contributed by atoms with Crippen LogP contribution in [0.3, 0.4) is 0 Å². The van der Waals surface area contributed by atoms with Crippen molar-refractivity contribution in [3.8, 4) is 0 Å². The molecule has 19 heavy (non-hydrogen) atoms. The van der Waals surface area contributed by atoms with Crippen LogP contribution in [0.15, 0.2) is 43.0 Å². The molecule has 5 heteroatoms. The molecule has 3 aromatic heterocycles.